The van der Waals surface area contributed by atoms with Gasteiger partial charge in [0.15, 0.2) is 0 Å². The van der Waals surface area contributed by atoms with Gasteiger partial charge in [-0.3, -0.25) is 4.79 Å². The average Bonchev–Trinajstić information content (AvgIpc) is 2.77. The number of nitrogens with two attached hydrogens (primary N) is 1. The lowest BCUT2D eigenvalue weighted by Crippen LogP contribution is -2.40. The van der Waals surface area contributed by atoms with Crippen molar-refractivity contribution in [2.75, 3.05) is 6.54 Å². The highest BCUT2D eigenvalue weighted by molar-refractivity contribution is 7.09. The Kier molecular flexibility index (Phi) is 5.30. The van der Waals surface area contributed by atoms with Crippen LogP contribution in [-0.4, -0.2) is 34.6 Å². The van der Waals surface area contributed by atoms with E-state index >= 15 is 0 Å². The fourth-order valence-electron chi connectivity index (χ4n) is 1.20. The molecule has 1 aromatic rings. The normalized spacial score (nSPS) is 11.6. The van der Waals surface area contributed by atoms with Crippen LogP contribution in [0.1, 0.15) is 21.9 Å². The summed E-state index contributed by atoms with van der Waals surface area (Å²) in [6, 6.07) is -1.10. The Morgan fingerprint density at radius 2 is 2.39 bits per heavy atom. The van der Waals surface area contributed by atoms with Gasteiger partial charge in [-0.05, 0) is 6.54 Å². The van der Waals surface area contributed by atoms with Crippen molar-refractivity contribution in [2.24, 2.45) is 5.73 Å². The smallest absolute Gasteiger partial charge is 0.327 e. The van der Waals surface area contributed by atoms with E-state index in [9.17, 15) is 9.59 Å². The Morgan fingerprint density at radius 3 is 2.94 bits per heavy atom. The van der Waals surface area contributed by atoms with Crippen molar-refractivity contribution in [3.8, 4) is 12.3 Å². The molecule has 0 fully saturated rings. The van der Waals surface area contributed by atoms with E-state index in [0.717, 1.165) is 5.01 Å². The molecule has 0 aliphatic rings. The van der Waals surface area contributed by atoms with Crippen LogP contribution >= 0.6 is 11.3 Å². The van der Waals surface area contributed by atoms with Crippen molar-refractivity contribution in [3.63, 3.8) is 0 Å². The van der Waals surface area contributed by atoms with Crippen LogP contribution in [0, 0.1) is 12.3 Å². The van der Waals surface area contributed by atoms with Crippen molar-refractivity contribution in [1.82, 2.24) is 10.3 Å². The summed E-state index contributed by atoms with van der Waals surface area (Å²) in [5, 5.41) is 13.5. The molecule has 1 rings (SSSR count). The number of amides is 1. The minimum absolute atomic E-state index is 0.0686. The lowest BCUT2D eigenvalue weighted by atomic mass is 10.2. The molecule has 0 bridgehead atoms. The average molecular weight is 267 g/mol. The summed E-state index contributed by atoms with van der Waals surface area (Å²) in [7, 11) is 0. The molecule has 0 saturated carbocycles. The van der Waals surface area contributed by atoms with Crippen LogP contribution in [-0.2, 0) is 11.2 Å². The van der Waals surface area contributed by atoms with Crippen molar-refractivity contribution >= 4 is 23.2 Å². The number of aliphatic carboxylic acids is 1. The van der Waals surface area contributed by atoms with Gasteiger partial charge >= 0.3 is 5.97 Å². The molecular formula is C11H13N3O3S. The Hall–Kier alpha value is -1.91. The van der Waals surface area contributed by atoms with Gasteiger partial charge in [0.25, 0.3) is 5.91 Å². The first-order chi connectivity index (χ1) is 8.58. The van der Waals surface area contributed by atoms with Gasteiger partial charge in [0.2, 0.25) is 0 Å². The highest BCUT2D eigenvalue weighted by atomic mass is 32.1. The Labute approximate surface area is 108 Å². The Bertz CT molecular complexity index is 478. The predicted molar refractivity (Wildman–Crippen MR) is 67.2 cm³/mol. The Balaban J connectivity index is 2.68. The summed E-state index contributed by atoms with van der Waals surface area (Å²) in [6.07, 6.45) is 5.55. The van der Waals surface area contributed by atoms with Gasteiger partial charge in [0, 0.05) is 18.2 Å². The highest BCUT2D eigenvalue weighted by Gasteiger charge is 2.20. The minimum Gasteiger partial charge on any atom is -0.480 e. The monoisotopic (exact) mass is 267 g/mol. The molecule has 96 valence electrons. The summed E-state index contributed by atoms with van der Waals surface area (Å²) in [4.78, 5) is 26.6. The molecule has 18 heavy (non-hydrogen) atoms. The highest BCUT2D eigenvalue weighted by Crippen LogP contribution is 2.10. The van der Waals surface area contributed by atoms with Gasteiger partial charge in [-0.15, -0.1) is 23.7 Å². The van der Waals surface area contributed by atoms with Crippen LogP contribution in [0.5, 0.6) is 0 Å². The zero-order valence-corrected chi connectivity index (χ0v) is 10.4. The van der Waals surface area contributed by atoms with Crippen LogP contribution in [0.4, 0.5) is 0 Å². The van der Waals surface area contributed by atoms with Gasteiger partial charge in [-0.1, -0.05) is 0 Å². The molecule has 1 heterocycles. The number of aromatic nitrogens is 1. The van der Waals surface area contributed by atoms with Gasteiger partial charge in [0.1, 0.15) is 11.7 Å². The zero-order chi connectivity index (χ0) is 13.5. The van der Waals surface area contributed by atoms with E-state index in [1.165, 1.54) is 11.3 Å². The molecule has 1 unspecified atom stereocenters. The third-order valence-electron chi connectivity index (χ3n) is 2.07. The largest absolute Gasteiger partial charge is 0.480 e. The first kappa shape index (κ1) is 14.2. The number of thiazole rings is 1. The van der Waals surface area contributed by atoms with Crippen molar-refractivity contribution < 1.29 is 14.7 Å². The second kappa shape index (κ2) is 6.74. The lowest BCUT2D eigenvalue weighted by Gasteiger charge is -2.10. The number of rotatable bonds is 6. The first-order valence-corrected chi connectivity index (χ1v) is 6.08. The number of hydrogen-bond acceptors (Lipinski definition) is 5. The molecule has 0 spiro atoms. The molecule has 1 amide bonds. The van der Waals surface area contributed by atoms with Crippen LogP contribution in [0.25, 0.3) is 0 Å². The predicted octanol–water partition coefficient (Wildman–Crippen LogP) is -0.149. The standard InChI is InChI=1S/C11H13N3O3S/c1-2-3-7(11(16)17)14-10(15)8-6-18-9(13-8)4-5-12/h1,6-7H,3-5,12H2,(H,14,15)(H,16,17). The molecule has 0 saturated heterocycles. The fourth-order valence-corrected chi connectivity index (χ4v) is 2.00. The summed E-state index contributed by atoms with van der Waals surface area (Å²) in [5.41, 5.74) is 5.56. The SMILES string of the molecule is C#CCC(NC(=O)c1csc(CCN)n1)C(=O)O. The number of nitrogens with one attached hydrogen (secondary N) is 1. The minimum atomic E-state index is -1.17. The molecule has 1 atom stereocenters. The third kappa shape index (κ3) is 3.84. The quantitative estimate of drug-likeness (QED) is 0.622. The Morgan fingerprint density at radius 1 is 1.67 bits per heavy atom. The van der Waals surface area contributed by atoms with Crippen LogP contribution < -0.4 is 11.1 Å². The van der Waals surface area contributed by atoms with Gasteiger partial charge in [0.05, 0.1) is 5.01 Å². The van der Waals surface area contributed by atoms with E-state index in [4.69, 9.17) is 17.3 Å². The van der Waals surface area contributed by atoms with Crippen molar-refractivity contribution in [2.45, 2.75) is 18.9 Å². The van der Waals surface area contributed by atoms with Crippen LogP contribution in [0.15, 0.2) is 5.38 Å². The first-order valence-electron chi connectivity index (χ1n) is 5.20. The number of carboxylic acids is 1. The lowest BCUT2D eigenvalue weighted by molar-refractivity contribution is -0.139. The summed E-state index contributed by atoms with van der Waals surface area (Å²) >= 11 is 1.31. The second-order valence-corrected chi connectivity index (χ2v) is 4.38. The van der Waals surface area contributed by atoms with Gasteiger partial charge in [-0.25, -0.2) is 9.78 Å². The third-order valence-corrected chi connectivity index (χ3v) is 2.98. The molecule has 7 heteroatoms. The maximum Gasteiger partial charge on any atom is 0.327 e. The molecule has 0 aromatic carbocycles. The van der Waals surface area contributed by atoms with Crippen LogP contribution in [0.3, 0.4) is 0 Å². The summed E-state index contributed by atoms with van der Waals surface area (Å²) in [5.74, 6) is 0.489. The molecule has 0 radical (unpaired) electrons. The number of carboxylic acid groups (broad SMARTS) is 1. The van der Waals surface area contributed by atoms with E-state index in [2.05, 4.69) is 16.2 Å². The molecule has 4 N–H and O–H groups in total. The maximum absolute atomic E-state index is 11.7. The van der Waals surface area contributed by atoms with E-state index in [1.807, 2.05) is 0 Å². The van der Waals surface area contributed by atoms with Crippen LogP contribution in [0.2, 0.25) is 0 Å². The van der Waals surface area contributed by atoms with Crippen molar-refractivity contribution in [3.05, 3.63) is 16.1 Å². The van der Waals surface area contributed by atoms with E-state index < -0.39 is 17.9 Å². The van der Waals surface area contributed by atoms with E-state index in [0.29, 0.717) is 13.0 Å². The second-order valence-electron chi connectivity index (χ2n) is 3.44. The number of carbonyl (C=O) groups excluding carboxylic acids is 1. The van der Waals surface area contributed by atoms with Gasteiger partial charge in [-0.2, -0.15) is 0 Å². The topological polar surface area (TPSA) is 105 Å². The number of terminal acetylenes is 1. The molecular weight excluding hydrogens is 254 g/mol. The van der Waals surface area contributed by atoms with Crippen molar-refractivity contribution in [1.29, 1.82) is 0 Å². The zero-order valence-electron chi connectivity index (χ0n) is 9.55. The van der Waals surface area contributed by atoms with Gasteiger partial charge < -0.3 is 16.2 Å². The fraction of sp³-hybridized carbons (Fsp3) is 0.364. The molecule has 6 nitrogen and oxygen atoms in total. The summed E-state index contributed by atoms with van der Waals surface area (Å²) in [6.45, 7) is 0.448. The molecule has 0 aliphatic heterocycles. The van der Waals surface area contributed by atoms with E-state index in [1.54, 1.807) is 5.38 Å². The molecule has 1 aromatic heterocycles. The number of hydrogen-bond donors (Lipinski definition) is 3. The maximum atomic E-state index is 11.7. The molecule has 0 aliphatic carbocycles. The summed E-state index contributed by atoms with van der Waals surface area (Å²) < 4.78 is 0. The number of carbonyl (C=O) groups is 2. The van der Waals surface area contributed by atoms with E-state index in [-0.39, 0.29) is 12.1 Å². The number of nitrogens with zero attached hydrogens (tertiary/aromatic N) is 1.